The molecule has 0 aliphatic carbocycles. The third-order valence-corrected chi connectivity index (χ3v) is 3.46. The van der Waals surface area contributed by atoms with E-state index in [-0.39, 0.29) is 0 Å². The van der Waals surface area contributed by atoms with Crippen molar-refractivity contribution < 1.29 is 17.6 Å². The molecule has 102 valence electrons. The van der Waals surface area contributed by atoms with Gasteiger partial charge in [0.1, 0.15) is 5.82 Å². The van der Waals surface area contributed by atoms with Crippen LogP contribution < -0.4 is 0 Å². The summed E-state index contributed by atoms with van der Waals surface area (Å²) in [6.07, 6.45) is -4.58. The quantitative estimate of drug-likeness (QED) is 0.739. The Kier molecular flexibility index (Phi) is 4.00. The first-order valence-electron chi connectivity index (χ1n) is 5.45. The molecule has 0 saturated heterocycles. The number of nitriles is 1. The van der Waals surface area contributed by atoms with Crippen LogP contribution in [0.25, 0.3) is 0 Å². The molecular weight excluding hydrogens is 290 g/mol. The summed E-state index contributed by atoms with van der Waals surface area (Å²) in [5.41, 5.74) is -1.38. The van der Waals surface area contributed by atoms with Crippen molar-refractivity contribution in [3.05, 3.63) is 59.4 Å². The molecule has 20 heavy (non-hydrogen) atoms. The maximum absolute atomic E-state index is 12.8. The Labute approximate surface area is 116 Å². The highest BCUT2D eigenvalue weighted by molar-refractivity contribution is 7.99. The van der Waals surface area contributed by atoms with Crippen LogP contribution in [-0.4, -0.2) is 0 Å². The molecule has 0 aliphatic heterocycles. The maximum atomic E-state index is 12.8. The normalized spacial score (nSPS) is 11.2. The second kappa shape index (κ2) is 5.55. The average molecular weight is 297 g/mol. The Balaban J connectivity index is 2.34. The summed E-state index contributed by atoms with van der Waals surface area (Å²) in [6, 6.07) is 10.4. The number of hydrogen-bond acceptors (Lipinski definition) is 2. The lowest BCUT2D eigenvalue weighted by molar-refractivity contribution is -0.137. The van der Waals surface area contributed by atoms with Crippen molar-refractivity contribution in [3.63, 3.8) is 0 Å². The minimum atomic E-state index is -4.58. The highest BCUT2D eigenvalue weighted by Gasteiger charge is 2.33. The van der Waals surface area contributed by atoms with Gasteiger partial charge in [-0.3, -0.25) is 0 Å². The molecule has 0 amide bonds. The van der Waals surface area contributed by atoms with Crippen molar-refractivity contribution in [2.75, 3.05) is 0 Å². The van der Waals surface area contributed by atoms with Gasteiger partial charge in [0, 0.05) is 9.79 Å². The van der Waals surface area contributed by atoms with Crippen molar-refractivity contribution in [1.82, 2.24) is 0 Å². The molecule has 0 spiro atoms. The van der Waals surface area contributed by atoms with E-state index in [1.165, 1.54) is 36.4 Å². The lowest BCUT2D eigenvalue weighted by atomic mass is 10.1. The summed E-state index contributed by atoms with van der Waals surface area (Å²) in [7, 11) is 0. The van der Waals surface area contributed by atoms with Gasteiger partial charge in [-0.15, -0.1) is 0 Å². The average Bonchev–Trinajstić information content (AvgIpc) is 2.40. The molecule has 0 aromatic heterocycles. The molecule has 0 N–H and O–H groups in total. The first kappa shape index (κ1) is 14.4. The summed E-state index contributed by atoms with van der Waals surface area (Å²) < 4.78 is 51.1. The van der Waals surface area contributed by atoms with Gasteiger partial charge >= 0.3 is 6.18 Å². The van der Waals surface area contributed by atoms with E-state index in [1.54, 1.807) is 0 Å². The van der Waals surface area contributed by atoms with Crippen molar-refractivity contribution >= 4 is 11.8 Å². The second-order valence-electron chi connectivity index (χ2n) is 3.87. The molecule has 2 aromatic rings. The standard InChI is InChI=1S/C14H7F4NS/c15-10-2-5-11(6-3-10)20-12-4-1-9(8-19)13(7-12)14(16,17)18/h1-7H. The van der Waals surface area contributed by atoms with E-state index in [9.17, 15) is 17.6 Å². The zero-order valence-electron chi connectivity index (χ0n) is 9.91. The predicted molar refractivity (Wildman–Crippen MR) is 66.7 cm³/mol. The first-order valence-corrected chi connectivity index (χ1v) is 6.26. The van der Waals surface area contributed by atoms with Crippen LogP contribution >= 0.6 is 11.8 Å². The highest BCUT2D eigenvalue weighted by Crippen LogP contribution is 2.36. The van der Waals surface area contributed by atoms with Crippen molar-refractivity contribution in [2.24, 2.45) is 0 Å². The van der Waals surface area contributed by atoms with Gasteiger partial charge in [-0.1, -0.05) is 11.8 Å². The van der Waals surface area contributed by atoms with Gasteiger partial charge < -0.3 is 0 Å². The zero-order valence-corrected chi connectivity index (χ0v) is 10.7. The topological polar surface area (TPSA) is 23.8 Å². The molecule has 2 aromatic carbocycles. The monoisotopic (exact) mass is 297 g/mol. The largest absolute Gasteiger partial charge is 0.417 e. The molecular formula is C14H7F4NS. The van der Waals surface area contributed by atoms with Gasteiger partial charge in [0.2, 0.25) is 0 Å². The molecule has 6 heteroatoms. The molecule has 0 unspecified atom stereocenters. The summed E-state index contributed by atoms with van der Waals surface area (Å²) in [5, 5.41) is 8.69. The van der Waals surface area contributed by atoms with Crippen LogP contribution in [0.15, 0.2) is 52.3 Å². The summed E-state index contributed by atoms with van der Waals surface area (Å²) in [4.78, 5) is 0.951. The SMILES string of the molecule is N#Cc1ccc(Sc2ccc(F)cc2)cc1C(F)(F)F. The van der Waals surface area contributed by atoms with Crippen LogP contribution in [0.2, 0.25) is 0 Å². The minimum absolute atomic E-state index is 0.336. The van der Waals surface area contributed by atoms with E-state index < -0.39 is 23.1 Å². The van der Waals surface area contributed by atoms with Crippen LogP contribution in [0.5, 0.6) is 0 Å². The van der Waals surface area contributed by atoms with Gasteiger partial charge in [0.25, 0.3) is 0 Å². The van der Waals surface area contributed by atoms with Crippen molar-refractivity contribution in [2.45, 2.75) is 16.0 Å². The predicted octanol–water partition coefficient (Wildman–Crippen LogP) is 4.87. The van der Waals surface area contributed by atoms with Gasteiger partial charge in [-0.25, -0.2) is 4.39 Å². The molecule has 0 atom stereocenters. The van der Waals surface area contributed by atoms with Gasteiger partial charge in [-0.05, 0) is 42.5 Å². The molecule has 0 radical (unpaired) electrons. The van der Waals surface area contributed by atoms with E-state index in [1.807, 2.05) is 0 Å². The van der Waals surface area contributed by atoms with E-state index in [0.717, 1.165) is 23.9 Å². The Morgan fingerprint density at radius 1 is 0.950 bits per heavy atom. The van der Waals surface area contributed by atoms with Crippen LogP contribution in [0.3, 0.4) is 0 Å². The highest BCUT2D eigenvalue weighted by atomic mass is 32.2. The number of nitrogens with zero attached hydrogens (tertiary/aromatic N) is 1. The number of halogens is 4. The smallest absolute Gasteiger partial charge is 0.207 e. The molecule has 0 aliphatic rings. The van der Waals surface area contributed by atoms with E-state index in [4.69, 9.17) is 5.26 Å². The fourth-order valence-corrected chi connectivity index (χ4v) is 2.41. The third-order valence-electron chi connectivity index (χ3n) is 2.47. The summed E-state index contributed by atoms with van der Waals surface area (Å²) in [6.45, 7) is 0. The fraction of sp³-hybridized carbons (Fsp3) is 0.0714. The number of alkyl halides is 3. The maximum Gasteiger partial charge on any atom is 0.417 e. The van der Waals surface area contributed by atoms with Gasteiger partial charge in [0.15, 0.2) is 0 Å². The molecule has 0 fully saturated rings. The zero-order chi connectivity index (χ0) is 14.8. The molecule has 0 saturated carbocycles. The fourth-order valence-electron chi connectivity index (χ4n) is 1.56. The Bertz CT molecular complexity index is 656. The number of benzene rings is 2. The summed E-state index contributed by atoms with van der Waals surface area (Å²) in [5.74, 6) is -0.412. The van der Waals surface area contributed by atoms with Gasteiger partial charge in [0.05, 0.1) is 17.2 Å². The Hall–Kier alpha value is -2.00. The Morgan fingerprint density at radius 3 is 2.10 bits per heavy atom. The second-order valence-corrected chi connectivity index (χ2v) is 5.02. The third kappa shape index (κ3) is 3.31. The molecule has 0 heterocycles. The molecule has 0 bridgehead atoms. The first-order chi connectivity index (χ1) is 9.40. The van der Waals surface area contributed by atoms with E-state index >= 15 is 0 Å². The minimum Gasteiger partial charge on any atom is -0.207 e. The van der Waals surface area contributed by atoms with E-state index in [2.05, 4.69) is 0 Å². The van der Waals surface area contributed by atoms with Crippen LogP contribution in [0.4, 0.5) is 17.6 Å². The van der Waals surface area contributed by atoms with Crippen LogP contribution in [0, 0.1) is 17.1 Å². The summed E-state index contributed by atoms with van der Waals surface area (Å²) >= 11 is 1.07. The van der Waals surface area contributed by atoms with Crippen molar-refractivity contribution in [3.8, 4) is 6.07 Å². The Morgan fingerprint density at radius 2 is 1.55 bits per heavy atom. The van der Waals surface area contributed by atoms with Crippen LogP contribution in [0.1, 0.15) is 11.1 Å². The lowest BCUT2D eigenvalue weighted by Crippen LogP contribution is -2.07. The molecule has 2 rings (SSSR count). The van der Waals surface area contributed by atoms with Crippen molar-refractivity contribution in [1.29, 1.82) is 5.26 Å². The lowest BCUT2D eigenvalue weighted by Gasteiger charge is -2.10. The number of rotatable bonds is 2. The molecule has 1 nitrogen and oxygen atoms in total. The van der Waals surface area contributed by atoms with E-state index in [0.29, 0.717) is 9.79 Å². The number of hydrogen-bond donors (Lipinski definition) is 0. The van der Waals surface area contributed by atoms with Gasteiger partial charge in [-0.2, -0.15) is 18.4 Å². The van der Waals surface area contributed by atoms with Crippen LogP contribution in [-0.2, 0) is 6.18 Å².